The van der Waals surface area contributed by atoms with Gasteiger partial charge in [-0.2, -0.15) is 0 Å². The Bertz CT molecular complexity index is 644. The number of rotatable bonds is 4. The lowest BCUT2D eigenvalue weighted by Gasteiger charge is -2.34. The van der Waals surface area contributed by atoms with Crippen molar-refractivity contribution < 1.29 is 19.7 Å². The largest absolute Gasteiger partial charge is 0.491 e. The Morgan fingerprint density at radius 3 is 2.60 bits per heavy atom. The van der Waals surface area contributed by atoms with Crippen molar-refractivity contribution in [1.82, 2.24) is 5.32 Å². The number of carbonyl (C=O) groups is 1. The fraction of sp³-hybridized carbons (Fsp3) is 0.650. The predicted molar refractivity (Wildman–Crippen MR) is 95.9 cm³/mol. The summed E-state index contributed by atoms with van der Waals surface area (Å²) in [5, 5.41) is 23.6. The number of carboxylic acid groups (broad SMARTS) is 1. The SMILES string of the molecule is CC(C)(C)c1ccc2c(c1)OC[C@H](NCC1(C(=O)O)CCCC1)[C@@H]2O. The van der Waals surface area contributed by atoms with E-state index in [0.717, 1.165) is 24.2 Å². The van der Waals surface area contributed by atoms with Crippen molar-refractivity contribution in [2.75, 3.05) is 13.2 Å². The zero-order valence-corrected chi connectivity index (χ0v) is 15.3. The van der Waals surface area contributed by atoms with E-state index in [1.165, 1.54) is 5.56 Å². The lowest BCUT2D eigenvalue weighted by Crippen LogP contribution is -2.48. The van der Waals surface area contributed by atoms with Crippen LogP contribution < -0.4 is 10.1 Å². The van der Waals surface area contributed by atoms with Crippen molar-refractivity contribution in [1.29, 1.82) is 0 Å². The van der Waals surface area contributed by atoms with Crippen LogP contribution in [0.3, 0.4) is 0 Å². The number of hydrogen-bond donors (Lipinski definition) is 3. The monoisotopic (exact) mass is 347 g/mol. The molecule has 1 fully saturated rings. The van der Waals surface area contributed by atoms with Crippen LogP contribution >= 0.6 is 0 Å². The van der Waals surface area contributed by atoms with E-state index in [-0.39, 0.29) is 11.5 Å². The summed E-state index contributed by atoms with van der Waals surface area (Å²) in [6.07, 6.45) is 2.62. The van der Waals surface area contributed by atoms with Gasteiger partial charge in [0.2, 0.25) is 0 Å². The number of hydrogen-bond acceptors (Lipinski definition) is 4. The van der Waals surface area contributed by atoms with Crippen LogP contribution in [0.5, 0.6) is 5.75 Å². The van der Waals surface area contributed by atoms with E-state index in [1.807, 2.05) is 18.2 Å². The van der Waals surface area contributed by atoms with Gasteiger partial charge in [0.25, 0.3) is 0 Å². The van der Waals surface area contributed by atoms with E-state index in [0.29, 0.717) is 26.0 Å². The molecule has 5 heteroatoms. The van der Waals surface area contributed by atoms with E-state index in [1.54, 1.807) is 0 Å². The highest BCUT2D eigenvalue weighted by molar-refractivity contribution is 5.75. The first-order valence-electron chi connectivity index (χ1n) is 9.15. The number of aliphatic hydroxyl groups is 1. The summed E-state index contributed by atoms with van der Waals surface area (Å²) in [5.41, 5.74) is 1.26. The van der Waals surface area contributed by atoms with E-state index >= 15 is 0 Å². The van der Waals surface area contributed by atoms with Crippen molar-refractivity contribution in [3.63, 3.8) is 0 Å². The number of benzene rings is 1. The van der Waals surface area contributed by atoms with Crippen LogP contribution in [0.4, 0.5) is 0 Å². The summed E-state index contributed by atoms with van der Waals surface area (Å²) in [7, 11) is 0. The normalized spacial score (nSPS) is 25.3. The third kappa shape index (κ3) is 3.53. The molecule has 1 saturated carbocycles. The number of nitrogens with one attached hydrogen (secondary N) is 1. The molecule has 1 aromatic carbocycles. The van der Waals surface area contributed by atoms with Crippen molar-refractivity contribution in [2.45, 2.75) is 64.0 Å². The quantitative estimate of drug-likeness (QED) is 0.780. The summed E-state index contributed by atoms with van der Waals surface area (Å²) >= 11 is 0. The van der Waals surface area contributed by atoms with E-state index in [2.05, 4.69) is 26.1 Å². The highest BCUT2D eigenvalue weighted by Gasteiger charge is 2.42. The molecule has 2 atom stereocenters. The Balaban J connectivity index is 1.71. The smallest absolute Gasteiger partial charge is 0.310 e. The van der Waals surface area contributed by atoms with Gasteiger partial charge in [0, 0.05) is 12.1 Å². The van der Waals surface area contributed by atoms with Gasteiger partial charge in [0.15, 0.2) is 0 Å². The zero-order valence-electron chi connectivity index (χ0n) is 15.3. The van der Waals surface area contributed by atoms with E-state index in [4.69, 9.17) is 4.74 Å². The second-order valence-corrected chi connectivity index (χ2v) is 8.54. The molecule has 1 aromatic rings. The first-order valence-corrected chi connectivity index (χ1v) is 9.15. The fourth-order valence-electron chi connectivity index (χ4n) is 3.87. The predicted octanol–water partition coefficient (Wildman–Crippen LogP) is 3.01. The van der Waals surface area contributed by atoms with E-state index in [9.17, 15) is 15.0 Å². The van der Waals surface area contributed by atoms with Gasteiger partial charge in [0.1, 0.15) is 18.5 Å². The molecule has 25 heavy (non-hydrogen) atoms. The van der Waals surface area contributed by atoms with Crippen LogP contribution in [-0.2, 0) is 10.2 Å². The van der Waals surface area contributed by atoms with Crippen LogP contribution in [0, 0.1) is 5.41 Å². The summed E-state index contributed by atoms with van der Waals surface area (Å²) in [6.45, 7) is 7.15. The topological polar surface area (TPSA) is 78.8 Å². The van der Waals surface area contributed by atoms with Crippen molar-refractivity contribution in [3.05, 3.63) is 29.3 Å². The maximum atomic E-state index is 11.7. The molecule has 3 N–H and O–H groups in total. The summed E-state index contributed by atoms with van der Waals surface area (Å²) in [4.78, 5) is 11.7. The molecule has 138 valence electrons. The van der Waals surface area contributed by atoms with Gasteiger partial charge < -0.3 is 20.3 Å². The van der Waals surface area contributed by atoms with Gasteiger partial charge in [-0.3, -0.25) is 4.79 Å². The molecule has 0 radical (unpaired) electrons. The number of aliphatic carboxylic acids is 1. The molecule has 0 saturated heterocycles. The molecule has 5 nitrogen and oxygen atoms in total. The van der Waals surface area contributed by atoms with Gasteiger partial charge in [-0.1, -0.05) is 45.7 Å². The molecule has 2 aliphatic rings. The van der Waals surface area contributed by atoms with Crippen LogP contribution in [0.2, 0.25) is 0 Å². The molecular weight excluding hydrogens is 318 g/mol. The molecule has 1 heterocycles. The summed E-state index contributed by atoms with van der Waals surface area (Å²) in [5.74, 6) is -0.00859. The number of ether oxygens (including phenoxy) is 1. The maximum absolute atomic E-state index is 11.7. The Hall–Kier alpha value is -1.59. The zero-order chi connectivity index (χ0) is 18.2. The van der Waals surface area contributed by atoms with E-state index < -0.39 is 17.5 Å². The molecule has 1 aliphatic carbocycles. The molecule has 1 aliphatic heterocycles. The minimum Gasteiger partial charge on any atom is -0.491 e. The first kappa shape index (κ1) is 18.2. The Morgan fingerprint density at radius 1 is 1.32 bits per heavy atom. The molecule has 0 spiro atoms. The van der Waals surface area contributed by atoms with Gasteiger partial charge in [-0.15, -0.1) is 0 Å². The maximum Gasteiger partial charge on any atom is 0.310 e. The van der Waals surface area contributed by atoms with Crippen LogP contribution in [0.15, 0.2) is 18.2 Å². The Labute approximate surface area is 149 Å². The van der Waals surface area contributed by atoms with Gasteiger partial charge in [-0.25, -0.2) is 0 Å². The van der Waals surface area contributed by atoms with Gasteiger partial charge in [-0.05, 0) is 29.9 Å². The fourth-order valence-corrected chi connectivity index (χ4v) is 3.87. The minimum absolute atomic E-state index is 0.0226. The third-order valence-electron chi connectivity index (χ3n) is 5.71. The summed E-state index contributed by atoms with van der Waals surface area (Å²) in [6, 6.07) is 5.68. The molecule has 0 bridgehead atoms. The van der Waals surface area contributed by atoms with Crippen molar-refractivity contribution >= 4 is 5.97 Å². The Kier molecular flexibility index (Phi) is 4.82. The van der Waals surface area contributed by atoms with Crippen LogP contribution in [-0.4, -0.2) is 35.4 Å². The molecular formula is C20H29NO4. The summed E-state index contributed by atoms with van der Waals surface area (Å²) < 4.78 is 5.88. The lowest BCUT2D eigenvalue weighted by molar-refractivity contribution is -0.148. The first-order chi connectivity index (χ1) is 11.7. The Morgan fingerprint density at radius 2 is 2.00 bits per heavy atom. The highest BCUT2D eigenvalue weighted by Crippen LogP contribution is 2.39. The highest BCUT2D eigenvalue weighted by atomic mass is 16.5. The third-order valence-corrected chi connectivity index (χ3v) is 5.71. The molecule has 0 unspecified atom stereocenters. The second kappa shape index (κ2) is 6.61. The average Bonchev–Trinajstić information content (AvgIpc) is 3.03. The van der Waals surface area contributed by atoms with Crippen LogP contribution in [0.1, 0.15) is 63.7 Å². The number of carboxylic acids is 1. The van der Waals surface area contributed by atoms with Gasteiger partial charge >= 0.3 is 5.97 Å². The molecule has 0 aromatic heterocycles. The molecule has 3 rings (SSSR count). The minimum atomic E-state index is -0.737. The second-order valence-electron chi connectivity index (χ2n) is 8.54. The average molecular weight is 347 g/mol. The molecule has 0 amide bonds. The van der Waals surface area contributed by atoms with Crippen molar-refractivity contribution in [3.8, 4) is 5.75 Å². The van der Waals surface area contributed by atoms with Crippen LogP contribution in [0.25, 0.3) is 0 Å². The van der Waals surface area contributed by atoms with Crippen molar-refractivity contribution in [2.24, 2.45) is 5.41 Å². The standard InChI is InChI=1S/C20H29NO4/c1-19(2,3)13-6-7-14-16(10-13)25-11-15(17(14)22)21-12-20(18(23)24)8-4-5-9-20/h6-7,10,15,17,21-22H,4-5,8-9,11-12H2,1-3H3,(H,23,24)/t15-,17+/m0/s1. The lowest BCUT2D eigenvalue weighted by atomic mass is 9.84. The number of fused-ring (bicyclic) bond motifs is 1. The number of aliphatic hydroxyl groups excluding tert-OH is 1. The van der Waals surface area contributed by atoms with Gasteiger partial charge in [0.05, 0.1) is 11.5 Å².